The summed E-state index contributed by atoms with van der Waals surface area (Å²) in [5, 5.41) is 3.28. The highest BCUT2D eigenvalue weighted by Crippen LogP contribution is 2.24. The molecular weight excluding hydrogens is 288 g/mol. The fourth-order valence-corrected chi connectivity index (χ4v) is 2.81. The van der Waals surface area contributed by atoms with Gasteiger partial charge in [0.1, 0.15) is 11.6 Å². The number of rotatable bonds is 4. The Labute approximate surface area is 137 Å². The topological polar surface area (TPSA) is 50.3 Å². The van der Waals surface area contributed by atoms with Gasteiger partial charge in [0.25, 0.3) is 0 Å². The largest absolute Gasteiger partial charge is 0.497 e. The normalized spacial score (nSPS) is 15.5. The van der Waals surface area contributed by atoms with Gasteiger partial charge in [-0.15, -0.1) is 0 Å². The Morgan fingerprint density at radius 1 is 1.13 bits per heavy atom. The molecule has 0 bridgehead atoms. The van der Waals surface area contributed by atoms with Crippen LogP contribution >= 0.6 is 0 Å². The molecule has 122 valence electrons. The maximum Gasteiger partial charge on any atom is 0.229 e. The number of ether oxygens (including phenoxy) is 1. The molecule has 1 N–H and O–H groups in total. The molecule has 2 heterocycles. The van der Waals surface area contributed by atoms with Gasteiger partial charge in [0.15, 0.2) is 0 Å². The van der Waals surface area contributed by atoms with Crippen LogP contribution in [0.4, 0.5) is 17.5 Å². The van der Waals surface area contributed by atoms with E-state index in [-0.39, 0.29) is 0 Å². The molecule has 1 aromatic heterocycles. The maximum atomic E-state index is 5.18. The van der Waals surface area contributed by atoms with Crippen molar-refractivity contribution in [3.05, 3.63) is 36.0 Å². The van der Waals surface area contributed by atoms with Gasteiger partial charge in [-0.25, -0.2) is 4.98 Å². The number of aromatic nitrogens is 2. The Kier molecular flexibility index (Phi) is 4.65. The average Bonchev–Trinajstić information content (AvgIpc) is 2.56. The third-order valence-electron chi connectivity index (χ3n) is 4.29. The monoisotopic (exact) mass is 312 g/mol. The zero-order valence-corrected chi connectivity index (χ0v) is 14.0. The van der Waals surface area contributed by atoms with Gasteiger partial charge >= 0.3 is 0 Å². The smallest absolute Gasteiger partial charge is 0.229 e. The van der Waals surface area contributed by atoms with Gasteiger partial charge in [-0.2, -0.15) is 4.98 Å². The first-order chi connectivity index (χ1) is 11.1. The van der Waals surface area contributed by atoms with Crippen LogP contribution in [0.1, 0.15) is 25.5 Å². The highest BCUT2D eigenvalue weighted by molar-refractivity contribution is 5.56. The van der Waals surface area contributed by atoms with Crippen LogP contribution in [0.25, 0.3) is 0 Å². The number of aryl methyl sites for hydroxylation is 1. The third kappa shape index (κ3) is 3.92. The molecule has 0 amide bonds. The molecule has 1 aromatic carbocycles. The van der Waals surface area contributed by atoms with Gasteiger partial charge in [-0.3, -0.25) is 0 Å². The highest BCUT2D eigenvalue weighted by atomic mass is 16.5. The lowest BCUT2D eigenvalue weighted by molar-refractivity contribution is 0.415. The first kappa shape index (κ1) is 15.6. The summed E-state index contributed by atoms with van der Waals surface area (Å²) in [5.74, 6) is 3.30. The molecule has 3 rings (SSSR count). The predicted octanol–water partition coefficient (Wildman–Crippen LogP) is 3.77. The van der Waals surface area contributed by atoms with Crippen molar-refractivity contribution in [1.29, 1.82) is 0 Å². The predicted molar refractivity (Wildman–Crippen MR) is 93.7 cm³/mol. The Bertz CT molecular complexity index is 649. The van der Waals surface area contributed by atoms with Gasteiger partial charge in [0.2, 0.25) is 5.95 Å². The van der Waals surface area contributed by atoms with Crippen LogP contribution in [-0.4, -0.2) is 30.2 Å². The fourth-order valence-electron chi connectivity index (χ4n) is 2.81. The van der Waals surface area contributed by atoms with Crippen molar-refractivity contribution in [2.45, 2.75) is 26.7 Å². The summed E-state index contributed by atoms with van der Waals surface area (Å²) in [7, 11) is 1.66. The molecule has 0 unspecified atom stereocenters. The Balaban J connectivity index is 1.76. The first-order valence-electron chi connectivity index (χ1n) is 8.16. The van der Waals surface area contributed by atoms with Crippen LogP contribution in [0.2, 0.25) is 0 Å². The summed E-state index contributed by atoms with van der Waals surface area (Å²) in [6.07, 6.45) is 2.45. The van der Waals surface area contributed by atoms with Gasteiger partial charge in [0, 0.05) is 30.5 Å². The van der Waals surface area contributed by atoms with E-state index in [0.29, 0.717) is 5.95 Å². The lowest BCUT2D eigenvalue weighted by Gasteiger charge is -2.31. The minimum absolute atomic E-state index is 0.642. The van der Waals surface area contributed by atoms with Gasteiger partial charge in [-0.05, 0) is 49.9 Å². The molecule has 0 atom stereocenters. The molecule has 0 radical (unpaired) electrons. The van der Waals surface area contributed by atoms with E-state index < -0.39 is 0 Å². The standard InChI is InChI=1S/C18H24N4O/c1-13-8-10-22(11-9-13)17-12-14(2)19-18(21-17)20-15-4-6-16(23-3)7-5-15/h4-7,12-13H,8-11H2,1-3H3,(H,19,20,21). The zero-order chi connectivity index (χ0) is 16.2. The SMILES string of the molecule is COc1ccc(Nc2nc(C)cc(N3CCC(C)CC3)n2)cc1. The number of hydrogen-bond acceptors (Lipinski definition) is 5. The van der Waals surface area contributed by atoms with E-state index >= 15 is 0 Å². The van der Waals surface area contributed by atoms with Gasteiger partial charge < -0.3 is 15.0 Å². The van der Waals surface area contributed by atoms with E-state index in [0.717, 1.165) is 42.0 Å². The summed E-state index contributed by atoms with van der Waals surface area (Å²) in [5.41, 5.74) is 1.93. The molecule has 0 spiro atoms. The second-order valence-corrected chi connectivity index (χ2v) is 6.21. The molecule has 23 heavy (non-hydrogen) atoms. The van der Waals surface area contributed by atoms with Crippen LogP contribution < -0.4 is 15.0 Å². The molecule has 1 aliphatic heterocycles. The van der Waals surface area contributed by atoms with E-state index in [9.17, 15) is 0 Å². The van der Waals surface area contributed by atoms with Crippen LogP contribution in [-0.2, 0) is 0 Å². The van der Waals surface area contributed by atoms with E-state index in [1.165, 1.54) is 12.8 Å². The molecule has 0 saturated carbocycles. The van der Waals surface area contributed by atoms with E-state index in [1.807, 2.05) is 31.2 Å². The van der Waals surface area contributed by atoms with Crippen LogP contribution in [0, 0.1) is 12.8 Å². The molecule has 5 nitrogen and oxygen atoms in total. The number of methoxy groups -OCH3 is 1. The molecular formula is C18H24N4O. The Morgan fingerprint density at radius 2 is 1.83 bits per heavy atom. The number of benzene rings is 1. The van der Waals surface area contributed by atoms with Crippen molar-refractivity contribution >= 4 is 17.5 Å². The van der Waals surface area contributed by atoms with Crippen molar-refractivity contribution in [2.24, 2.45) is 5.92 Å². The molecule has 1 aliphatic rings. The molecule has 1 saturated heterocycles. The van der Waals surface area contributed by atoms with Crippen molar-refractivity contribution in [3.8, 4) is 5.75 Å². The molecule has 1 fully saturated rings. The number of hydrogen-bond donors (Lipinski definition) is 1. The maximum absolute atomic E-state index is 5.18. The summed E-state index contributed by atoms with van der Waals surface area (Å²) >= 11 is 0. The van der Waals surface area contributed by atoms with E-state index in [4.69, 9.17) is 9.72 Å². The van der Waals surface area contributed by atoms with Crippen LogP contribution in [0.15, 0.2) is 30.3 Å². The van der Waals surface area contributed by atoms with Crippen molar-refractivity contribution < 1.29 is 4.74 Å². The number of piperidine rings is 1. The van der Waals surface area contributed by atoms with Gasteiger partial charge in [0.05, 0.1) is 7.11 Å². The van der Waals surface area contributed by atoms with Crippen LogP contribution in [0.5, 0.6) is 5.75 Å². The average molecular weight is 312 g/mol. The Hall–Kier alpha value is -2.30. The quantitative estimate of drug-likeness (QED) is 0.931. The lowest BCUT2D eigenvalue weighted by atomic mass is 9.99. The Morgan fingerprint density at radius 3 is 2.48 bits per heavy atom. The summed E-state index contributed by atoms with van der Waals surface area (Å²) < 4.78 is 5.18. The third-order valence-corrected chi connectivity index (χ3v) is 4.29. The molecule has 5 heteroatoms. The van der Waals surface area contributed by atoms with E-state index in [2.05, 4.69) is 28.2 Å². The molecule has 0 aliphatic carbocycles. The minimum atomic E-state index is 0.642. The second kappa shape index (κ2) is 6.86. The second-order valence-electron chi connectivity index (χ2n) is 6.21. The fraction of sp³-hybridized carbons (Fsp3) is 0.444. The van der Waals surface area contributed by atoms with E-state index in [1.54, 1.807) is 7.11 Å². The summed E-state index contributed by atoms with van der Waals surface area (Å²) in [4.78, 5) is 11.5. The molecule has 2 aromatic rings. The van der Waals surface area contributed by atoms with Gasteiger partial charge in [-0.1, -0.05) is 6.92 Å². The zero-order valence-electron chi connectivity index (χ0n) is 14.0. The van der Waals surface area contributed by atoms with Crippen molar-refractivity contribution in [2.75, 3.05) is 30.4 Å². The van der Waals surface area contributed by atoms with Crippen molar-refractivity contribution in [1.82, 2.24) is 9.97 Å². The number of anilines is 3. The minimum Gasteiger partial charge on any atom is -0.497 e. The van der Waals surface area contributed by atoms with Crippen LogP contribution in [0.3, 0.4) is 0 Å². The number of nitrogens with zero attached hydrogens (tertiary/aromatic N) is 3. The summed E-state index contributed by atoms with van der Waals surface area (Å²) in [6.45, 7) is 6.47. The van der Waals surface area contributed by atoms with Crippen molar-refractivity contribution in [3.63, 3.8) is 0 Å². The number of nitrogens with one attached hydrogen (secondary N) is 1. The first-order valence-corrected chi connectivity index (χ1v) is 8.16. The lowest BCUT2D eigenvalue weighted by Crippen LogP contribution is -2.33. The highest BCUT2D eigenvalue weighted by Gasteiger charge is 2.18. The summed E-state index contributed by atoms with van der Waals surface area (Å²) in [6, 6.07) is 9.84.